The third kappa shape index (κ3) is 3.33. The Morgan fingerprint density at radius 2 is 1.89 bits per heavy atom. The van der Waals surface area contributed by atoms with Crippen LogP contribution in [0, 0.1) is 17.1 Å². The molecule has 0 heterocycles. The lowest BCUT2D eigenvalue weighted by atomic mass is 10.1. The third-order valence-corrected chi connectivity index (χ3v) is 3.50. The van der Waals surface area contributed by atoms with Gasteiger partial charge >= 0.3 is 0 Å². The Bertz CT molecular complexity index is 617. The van der Waals surface area contributed by atoms with Crippen molar-refractivity contribution in [3.8, 4) is 6.07 Å². The van der Waals surface area contributed by atoms with Crippen molar-refractivity contribution in [3.05, 3.63) is 63.9 Å². The standard InChI is InChI=1S/C15H12BrFN2/c1-10(12-3-5-13(17)6-4-12)19-15-7-2-11(9-18)8-14(15)16/h2-8,10,19H,1H3. The quantitative estimate of drug-likeness (QED) is 0.895. The summed E-state index contributed by atoms with van der Waals surface area (Å²) in [5.74, 6) is -0.240. The van der Waals surface area contributed by atoms with Crippen molar-refractivity contribution in [2.24, 2.45) is 0 Å². The van der Waals surface area contributed by atoms with E-state index in [0.29, 0.717) is 5.56 Å². The van der Waals surface area contributed by atoms with E-state index in [0.717, 1.165) is 15.7 Å². The highest BCUT2D eigenvalue weighted by atomic mass is 79.9. The first-order chi connectivity index (χ1) is 9.10. The van der Waals surface area contributed by atoms with Crippen LogP contribution in [0.15, 0.2) is 46.9 Å². The summed E-state index contributed by atoms with van der Waals surface area (Å²) in [4.78, 5) is 0. The molecule has 2 rings (SSSR count). The summed E-state index contributed by atoms with van der Waals surface area (Å²) in [5.41, 5.74) is 2.50. The molecule has 1 N–H and O–H groups in total. The lowest BCUT2D eigenvalue weighted by Crippen LogP contribution is -2.07. The van der Waals surface area contributed by atoms with Crippen LogP contribution >= 0.6 is 15.9 Å². The fourth-order valence-corrected chi connectivity index (χ4v) is 2.26. The molecule has 0 spiro atoms. The second kappa shape index (κ2) is 5.85. The summed E-state index contributed by atoms with van der Waals surface area (Å²) in [6, 6.07) is 13.9. The molecular formula is C15H12BrFN2. The van der Waals surface area contributed by atoms with Gasteiger partial charge in [0.15, 0.2) is 0 Å². The maximum atomic E-state index is 12.9. The molecule has 0 aliphatic rings. The number of halogens is 2. The predicted molar refractivity (Wildman–Crippen MR) is 77.3 cm³/mol. The number of hydrogen-bond donors (Lipinski definition) is 1. The molecule has 0 saturated carbocycles. The van der Waals surface area contributed by atoms with Gasteiger partial charge in [0, 0.05) is 16.2 Å². The summed E-state index contributed by atoms with van der Waals surface area (Å²) >= 11 is 3.43. The molecule has 4 heteroatoms. The van der Waals surface area contributed by atoms with E-state index < -0.39 is 0 Å². The smallest absolute Gasteiger partial charge is 0.123 e. The predicted octanol–water partition coefficient (Wildman–Crippen LogP) is 4.63. The van der Waals surface area contributed by atoms with Crippen molar-refractivity contribution >= 4 is 21.6 Å². The van der Waals surface area contributed by atoms with Crippen molar-refractivity contribution in [2.45, 2.75) is 13.0 Å². The van der Waals surface area contributed by atoms with Crippen molar-refractivity contribution in [1.82, 2.24) is 0 Å². The van der Waals surface area contributed by atoms with Crippen molar-refractivity contribution in [1.29, 1.82) is 5.26 Å². The van der Waals surface area contributed by atoms with E-state index in [1.165, 1.54) is 12.1 Å². The second-order valence-electron chi connectivity index (χ2n) is 4.22. The van der Waals surface area contributed by atoms with E-state index in [1.807, 2.05) is 13.0 Å². The monoisotopic (exact) mass is 318 g/mol. The van der Waals surface area contributed by atoms with Crippen LogP contribution in [0.25, 0.3) is 0 Å². The Balaban J connectivity index is 2.17. The van der Waals surface area contributed by atoms with Crippen LogP contribution in [0.4, 0.5) is 10.1 Å². The highest BCUT2D eigenvalue weighted by Gasteiger charge is 2.08. The minimum Gasteiger partial charge on any atom is -0.378 e. The Hall–Kier alpha value is -1.86. The van der Waals surface area contributed by atoms with Crippen LogP contribution < -0.4 is 5.32 Å². The zero-order valence-electron chi connectivity index (χ0n) is 10.3. The van der Waals surface area contributed by atoms with Crippen molar-refractivity contribution in [2.75, 3.05) is 5.32 Å². The number of rotatable bonds is 3. The van der Waals surface area contributed by atoms with Gasteiger partial charge in [0.1, 0.15) is 5.82 Å². The molecule has 0 aliphatic carbocycles. The normalized spacial score (nSPS) is 11.7. The van der Waals surface area contributed by atoms with Crippen LogP contribution in [0.3, 0.4) is 0 Å². The summed E-state index contributed by atoms with van der Waals surface area (Å²) in [5, 5.41) is 12.1. The molecule has 0 amide bonds. The molecule has 0 aromatic heterocycles. The Kier molecular flexibility index (Phi) is 4.18. The van der Waals surface area contributed by atoms with Gasteiger partial charge in [0.2, 0.25) is 0 Å². The van der Waals surface area contributed by atoms with E-state index in [1.54, 1.807) is 24.3 Å². The summed E-state index contributed by atoms with van der Waals surface area (Å²) in [7, 11) is 0. The zero-order chi connectivity index (χ0) is 13.8. The lowest BCUT2D eigenvalue weighted by Gasteiger charge is -2.17. The minimum absolute atomic E-state index is 0.0461. The summed E-state index contributed by atoms with van der Waals surface area (Å²) < 4.78 is 13.7. The van der Waals surface area contributed by atoms with E-state index >= 15 is 0 Å². The van der Waals surface area contributed by atoms with Crippen molar-refractivity contribution < 1.29 is 4.39 Å². The number of nitrogens with one attached hydrogen (secondary N) is 1. The van der Waals surface area contributed by atoms with Gasteiger partial charge in [0.25, 0.3) is 0 Å². The van der Waals surface area contributed by atoms with Gasteiger partial charge in [-0.25, -0.2) is 4.39 Å². The maximum Gasteiger partial charge on any atom is 0.123 e. The number of nitrogens with zero attached hydrogens (tertiary/aromatic N) is 1. The molecule has 96 valence electrons. The molecule has 2 aromatic carbocycles. The molecule has 2 aromatic rings. The number of benzene rings is 2. The largest absolute Gasteiger partial charge is 0.378 e. The van der Waals surface area contributed by atoms with Gasteiger partial charge in [-0.05, 0) is 58.7 Å². The number of nitriles is 1. The van der Waals surface area contributed by atoms with Crippen LogP contribution in [0.1, 0.15) is 24.1 Å². The zero-order valence-corrected chi connectivity index (χ0v) is 11.9. The van der Waals surface area contributed by atoms with Crippen LogP contribution in [-0.2, 0) is 0 Å². The SMILES string of the molecule is CC(Nc1ccc(C#N)cc1Br)c1ccc(F)cc1. The van der Waals surface area contributed by atoms with Gasteiger partial charge in [0.05, 0.1) is 11.6 Å². The highest BCUT2D eigenvalue weighted by Crippen LogP contribution is 2.27. The Morgan fingerprint density at radius 1 is 1.21 bits per heavy atom. The van der Waals surface area contributed by atoms with E-state index in [-0.39, 0.29) is 11.9 Å². The molecule has 1 atom stereocenters. The van der Waals surface area contributed by atoms with Gasteiger partial charge in [-0.1, -0.05) is 12.1 Å². The number of anilines is 1. The first-order valence-electron chi connectivity index (χ1n) is 5.82. The topological polar surface area (TPSA) is 35.8 Å². The summed E-state index contributed by atoms with van der Waals surface area (Å²) in [6.45, 7) is 2.00. The lowest BCUT2D eigenvalue weighted by molar-refractivity contribution is 0.626. The average molecular weight is 319 g/mol. The fraction of sp³-hybridized carbons (Fsp3) is 0.133. The molecule has 0 aliphatic heterocycles. The van der Waals surface area contributed by atoms with E-state index in [2.05, 4.69) is 27.3 Å². The molecule has 2 nitrogen and oxygen atoms in total. The molecule has 19 heavy (non-hydrogen) atoms. The van der Waals surface area contributed by atoms with Gasteiger partial charge in [-0.3, -0.25) is 0 Å². The molecule has 0 bridgehead atoms. The average Bonchev–Trinajstić information content (AvgIpc) is 2.41. The highest BCUT2D eigenvalue weighted by molar-refractivity contribution is 9.10. The summed E-state index contributed by atoms with van der Waals surface area (Å²) in [6.07, 6.45) is 0. The van der Waals surface area contributed by atoms with Crippen LogP contribution in [-0.4, -0.2) is 0 Å². The third-order valence-electron chi connectivity index (χ3n) is 2.84. The van der Waals surface area contributed by atoms with E-state index in [9.17, 15) is 4.39 Å². The van der Waals surface area contributed by atoms with Gasteiger partial charge in [-0.15, -0.1) is 0 Å². The second-order valence-corrected chi connectivity index (χ2v) is 5.08. The Morgan fingerprint density at radius 3 is 2.47 bits per heavy atom. The maximum absolute atomic E-state index is 12.9. The van der Waals surface area contributed by atoms with Gasteiger partial charge < -0.3 is 5.32 Å². The first-order valence-corrected chi connectivity index (χ1v) is 6.61. The van der Waals surface area contributed by atoms with E-state index in [4.69, 9.17) is 5.26 Å². The number of hydrogen-bond acceptors (Lipinski definition) is 2. The van der Waals surface area contributed by atoms with Crippen LogP contribution in [0.2, 0.25) is 0 Å². The molecule has 0 fully saturated rings. The Labute approximate surface area is 120 Å². The molecule has 1 unspecified atom stereocenters. The van der Waals surface area contributed by atoms with Crippen molar-refractivity contribution in [3.63, 3.8) is 0 Å². The first kappa shape index (κ1) is 13.6. The molecular weight excluding hydrogens is 307 g/mol. The molecule has 0 saturated heterocycles. The molecule has 0 radical (unpaired) electrons. The minimum atomic E-state index is -0.240. The van der Waals surface area contributed by atoms with Gasteiger partial charge in [-0.2, -0.15) is 5.26 Å². The fourth-order valence-electron chi connectivity index (χ4n) is 1.77. The van der Waals surface area contributed by atoms with Crippen LogP contribution in [0.5, 0.6) is 0 Å².